The predicted octanol–water partition coefficient (Wildman–Crippen LogP) is 5.32. The van der Waals surface area contributed by atoms with E-state index in [4.69, 9.17) is 5.11 Å². The first-order valence-corrected chi connectivity index (χ1v) is 7.96. The van der Waals surface area contributed by atoms with E-state index in [0.717, 1.165) is 0 Å². The van der Waals surface area contributed by atoms with Gasteiger partial charge in [-0.05, 0) is 11.7 Å². The van der Waals surface area contributed by atoms with Gasteiger partial charge in [-0.1, -0.05) is 72.1 Å². The molecule has 0 aromatic rings. The second-order valence-corrected chi connectivity index (χ2v) is 5.74. The van der Waals surface area contributed by atoms with E-state index < -0.39 is 5.97 Å². The van der Waals surface area contributed by atoms with Crippen molar-refractivity contribution in [1.29, 1.82) is 0 Å². The van der Waals surface area contributed by atoms with Gasteiger partial charge in [-0.25, -0.2) is 0 Å². The minimum absolute atomic E-state index is 0.222. The maximum absolute atomic E-state index is 9.37. The molecule has 0 aliphatic carbocycles. The summed E-state index contributed by atoms with van der Waals surface area (Å²) in [7, 11) is 0. The third-order valence-electron chi connectivity index (χ3n) is 2.78. The van der Waals surface area contributed by atoms with Crippen LogP contribution in [0.25, 0.3) is 0 Å². The van der Waals surface area contributed by atoms with Crippen LogP contribution in [0.4, 0.5) is 0 Å². The first kappa shape index (κ1) is 20.1. The lowest BCUT2D eigenvalue weighted by Gasteiger charge is -2.03. The molecule has 1 atom stereocenters. The van der Waals surface area contributed by atoms with Crippen molar-refractivity contribution in [3.63, 3.8) is 0 Å². The number of aliphatic carboxylic acids is 1. The van der Waals surface area contributed by atoms with E-state index in [0.29, 0.717) is 5.25 Å². The summed E-state index contributed by atoms with van der Waals surface area (Å²) in [6, 6.07) is 0. The van der Waals surface area contributed by atoms with E-state index in [1.165, 1.54) is 57.8 Å². The van der Waals surface area contributed by atoms with Crippen molar-refractivity contribution >= 4 is 18.6 Å². The predicted molar refractivity (Wildman–Crippen MR) is 83.6 cm³/mol. The van der Waals surface area contributed by atoms with Crippen molar-refractivity contribution in [2.75, 3.05) is 0 Å². The topological polar surface area (TPSA) is 37.3 Å². The van der Waals surface area contributed by atoms with Gasteiger partial charge in [-0.2, -0.15) is 12.6 Å². The van der Waals surface area contributed by atoms with Crippen LogP contribution in [0.15, 0.2) is 0 Å². The van der Waals surface area contributed by atoms with E-state index in [1.54, 1.807) is 6.92 Å². The van der Waals surface area contributed by atoms with Gasteiger partial charge in [0.05, 0.1) is 0 Å². The zero-order valence-corrected chi connectivity index (χ0v) is 13.3. The third-order valence-corrected chi connectivity index (χ3v) is 3.04. The van der Waals surface area contributed by atoms with Crippen LogP contribution < -0.4 is 0 Å². The fraction of sp³-hybridized carbons (Fsp3) is 0.933. The molecule has 0 spiro atoms. The molecule has 0 aliphatic rings. The monoisotopic (exact) mass is 276 g/mol. The van der Waals surface area contributed by atoms with E-state index in [1.807, 2.05) is 0 Å². The Bertz CT molecular complexity index is 170. The second-order valence-electron chi connectivity index (χ2n) is 4.86. The van der Waals surface area contributed by atoms with Crippen LogP contribution in [0.5, 0.6) is 0 Å². The highest BCUT2D eigenvalue weighted by atomic mass is 32.1. The molecular weight excluding hydrogens is 244 g/mol. The molecule has 0 amide bonds. The van der Waals surface area contributed by atoms with Gasteiger partial charge in [0.25, 0.3) is 0 Å². The summed E-state index contributed by atoms with van der Waals surface area (Å²) in [4.78, 5) is 9.37. The fourth-order valence-corrected chi connectivity index (χ4v) is 1.76. The van der Waals surface area contributed by atoms with Gasteiger partial charge < -0.3 is 5.11 Å². The van der Waals surface area contributed by atoms with Crippen molar-refractivity contribution in [2.24, 2.45) is 0 Å². The van der Waals surface area contributed by atoms with Crippen molar-refractivity contribution in [2.45, 2.75) is 90.2 Å². The van der Waals surface area contributed by atoms with E-state index in [2.05, 4.69) is 26.5 Å². The molecule has 0 bridgehead atoms. The van der Waals surface area contributed by atoms with Gasteiger partial charge >= 0.3 is 5.97 Å². The lowest BCUT2D eigenvalue weighted by Crippen LogP contribution is -1.90. The zero-order chi connectivity index (χ0) is 14.2. The molecule has 2 nitrogen and oxygen atoms in total. The largest absolute Gasteiger partial charge is 0.481 e. The lowest BCUT2D eigenvalue weighted by atomic mass is 10.1. The Hall–Kier alpha value is -0.180. The molecule has 0 aromatic heterocycles. The molecule has 0 aliphatic heterocycles. The Labute approximate surface area is 119 Å². The SMILES string of the molecule is CCC(=O)O.CCCCCCCCCCC(C)S. The highest BCUT2D eigenvalue weighted by Crippen LogP contribution is 2.11. The average Bonchev–Trinajstić information content (AvgIpc) is 2.33. The lowest BCUT2D eigenvalue weighted by molar-refractivity contribution is -0.136. The standard InChI is InChI=1S/C12H26S.C3H6O2/c1-3-4-5-6-7-8-9-10-11-12(2)13;1-2-3(4)5/h12-13H,3-11H2,1-2H3;2H2,1H3,(H,4,5). The number of rotatable bonds is 10. The zero-order valence-electron chi connectivity index (χ0n) is 12.5. The second kappa shape index (κ2) is 16.8. The molecule has 0 saturated carbocycles. The summed E-state index contributed by atoms with van der Waals surface area (Å²) in [6.45, 7) is 6.06. The minimum atomic E-state index is -0.745. The first-order chi connectivity index (χ1) is 8.54. The van der Waals surface area contributed by atoms with Crippen LogP contribution in [0, 0.1) is 0 Å². The number of thiol groups is 1. The molecule has 0 aromatic carbocycles. The number of carbonyl (C=O) groups is 1. The van der Waals surface area contributed by atoms with Crippen LogP contribution >= 0.6 is 12.6 Å². The average molecular weight is 276 g/mol. The Morgan fingerprint density at radius 1 is 1.00 bits per heavy atom. The van der Waals surface area contributed by atoms with Crippen LogP contribution in [0.1, 0.15) is 85.0 Å². The van der Waals surface area contributed by atoms with Gasteiger partial charge in [-0.15, -0.1) is 0 Å². The van der Waals surface area contributed by atoms with Gasteiger partial charge in [-0.3, -0.25) is 4.79 Å². The van der Waals surface area contributed by atoms with E-state index in [9.17, 15) is 4.79 Å². The summed E-state index contributed by atoms with van der Waals surface area (Å²) in [6.07, 6.45) is 12.9. The number of hydrogen-bond donors (Lipinski definition) is 2. The van der Waals surface area contributed by atoms with Crippen molar-refractivity contribution in [3.05, 3.63) is 0 Å². The maximum atomic E-state index is 9.37. The Morgan fingerprint density at radius 3 is 1.72 bits per heavy atom. The van der Waals surface area contributed by atoms with Gasteiger partial charge in [0.1, 0.15) is 0 Å². The molecule has 0 fully saturated rings. The Kier molecular flexibility index (Phi) is 18.8. The quantitative estimate of drug-likeness (QED) is 0.419. The van der Waals surface area contributed by atoms with Crippen LogP contribution in [-0.4, -0.2) is 16.3 Å². The van der Waals surface area contributed by atoms with Crippen molar-refractivity contribution in [1.82, 2.24) is 0 Å². The molecule has 18 heavy (non-hydrogen) atoms. The number of carboxylic acid groups (broad SMARTS) is 1. The molecule has 110 valence electrons. The summed E-state index contributed by atoms with van der Waals surface area (Å²) in [5.41, 5.74) is 0. The Morgan fingerprint density at radius 2 is 1.39 bits per heavy atom. The molecule has 3 heteroatoms. The smallest absolute Gasteiger partial charge is 0.303 e. The summed E-state index contributed by atoms with van der Waals surface area (Å²) in [5.74, 6) is -0.745. The van der Waals surface area contributed by atoms with Crippen molar-refractivity contribution < 1.29 is 9.90 Å². The fourth-order valence-electron chi connectivity index (χ4n) is 1.57. The maximum Gasteiger partial charge on any atom is 0.303 e. The highest BCUT2D eigenvalue weighted by Gasteiger charge is 1.94. The first-order valence-electron chi connectivity index (χ1n) is 7.44. The summed E-state index contributed by atoms with van der Waals surface area (Å²) >= 11 is 4.37. The summed E-state index contributed by atoms with van der Waals surface area (Å²) in [5, 5.41) is 8.32. The Balaban J connectivity index is 0. The van der Waals surface area contributed by atoms with Crippen molar-refractivity contribution in [3.8, 4) is 0 Å². The van der Waals surface area contributed by atoms with E-state index >= 15 is 0 Å². The van der Waals surface area contributed by atoms with Gasteiger partial charge in [0.2, 0.25) is 0 Å². The molecule has 0 saturated heterocycles. The van der Waals surface area contributed by atoms with E-state index in [-0.39, 0.29) is 6.42 Å². The van der Waals surface area contributed by atoms with Gasteiger partial charge in [0.15, 0.2) is 0 Å². The molecule has 0 heterocycles. The molecule has 0 radical (unpaired) electrons. The molecular formula is C15H32O2S. The number of unbranched alkanes of at least 4 members (excludes halogenated alkanes) is 7. The molecule has 1 N–H and O–H groups in total. The summed E-state index contributed by atoms with van der Waals surface area (Å²) < 4.78 is 0. The van der Waals surface area contributed by atoms with Crippen LogP contribution in [0.2, 0.25) is 0 Å². The molecule has 0 rings (SSSR count). The van der Waals surface area contributed by atoms with Gasteiger partial charge in [0, 0.05) is 6.42 Å². The number of hydrogen-bond acceptors (Lipinski definition) is 2. The van der Waals surface area contributed by atoms with Crippen LogP contribution in [-0.2, 0) is 4.79 Å². The number of carboxylic acids is 1. The molecule has 1 unspecified atom stereocenters. The van der Waals surface area contributed by atoms with Crippen LogP contribution in [0.3, 0.4) is 0 Å². The third kappa shape index (κ3) is 24.9. The normalized spacial score (nSPS) is 11.6. The minimum Gasteiger partial charge on any atom is -0.481 e. The highest BCUT2D eigenvalue weighted by molar-refractivity contribution is 7.80.